The summed E-state index contributed by atoms with van der Waals surface area (Å²) in [7, 11) is -3.75. The Labute approximate surface area is 167 Å². The fraction of sp³-hybridized carbons (Fsp3) is 0.318. The Bertz CT molecular complexity index is 963. The molecule has 0 spiro atoms. The van der Waals surface area contributed by atoms with Gasteiger partial charge in [-0.25, -0.2) is 8.42 Å². The summed E-state index contributed by atoms with van der Waals surface area (Å²) in [4.78, 5) is 15.0. The summed E-state index contributed by atoms with van der Waals surface area (Å²) >= 11 is 0. The molecule has 2 aromatic carbocycles. The molecule has 2 aromatic rings. The molecule has 0 aliphatic carbocycles. The monoisotopic (exact) mass is 398 g/mol. The van der Waals surface area contributed by atoms with E-state index in [-0.39, 0.29) is 17.3 Å². The van der Waals surface area contributed by atoms with Gasteiger partial charge in [0.25, 0.3) is 5.91 Å². The van der Waals surface area contributed by atoms with E-state index in [2.05, 4.69) is 0 Å². The molecule has 1 amide bonds. The number of sulfonamides is 1. The number of aryl methyl sites for hydroxylation is 1. The second-order valence-corrected chi connectivity index (χ2v) is 8.73. The van der Waals surface area contributed by atoms with Gasteiger partial charge in [-0.2, -0.15) is 4.31 Å². The van der Waals surface area contributed by atoms with E-state index in [0.717, 1.165) is 11.1 Å². The molecular weight excluding hydrogens is 372 g/mol. The minimum Gasteiger partial charge on any atom is -0.339 e. The fourth-order valence-electron chi connectivity index (χ4n) is 3.52. The van der Waals surface area contributed by atoms with Crippen molar-refractivity contribution in [3.8, 4) is 0 Å². The third-order valence-electron chi connectivity index (χ3n) is 5.11. The topological polar surface area (TPSA) is 57.7 Å². The van der Waals surface area contributed by atoms with Crippen molar-refractivity contribution in [3.63, 3.8) is 0 Å². The first-order valence-electron chi connectivity index (χ1n) is 9.53. The van der Waals surface area contributed by atoms with E-state index in [0.29, 0.717) is 18.7 Å². The molecule has 0 aromatic heterocycles. The Balaban J connectivity index is 2.05. The highest BCUT2D eigenvalue weighted by Gasteiger charge is 2.41. The Morgan fingerprint density at radius 3 is 2.21 bits per heavy atom. The molecule has 0 radical (unpaired) electrons. The van der Waals surface area contributed by atoms with Gasteiger partial charge in [0.15, 0.2) is 0 Å². The first-order valence-corrected chi connectivity index (χ1v) is 11.0. The molecule has 0 fully saturated rings. The molecule has 5 nitrogen and oxygen atoms in total. The number of hydrogen-bond acceptors (Lipinski definition) is 3. The molecular formula is C22H26N2O3S. The summed E-state index contributed by atoms with van der Waals surface area (Å²) in [5, 5.41) is 0. The van der Waals surface area contributed by atoms with Crippen molar-refractivity contribution in [3.05, 3.63) is 77.4 Å². The summed E-state index contributed by atoms with van der Waals surface area (Å²) in [5.74, 6) is -0.111. The summed E-state index contributed by atoms with van der Waals surface area (Å²) < 4.78 is 28.2. The number of amides is 1. The van der Waals surface area contributed by atoms with E-state index in [1.165, 1.54) is 4.31 Å². The van der Waals surface area contributed by atoms with Crippen LogP contribution in [0.4, 0.5) is 0 Å². The third kappa shape index (κ3) is 3.75. The van der Waals surface area contributed by atoms with Crippen molar-refractivity contribution in [2.45, 2.75) is 31.7 Å². The summed E-state index contributed by atoms with van der Waals surface area (Å²) in [6, 6.07) is 15.6. The predicted molar refractivity (Wildman–Crippen MR) is 110 cm³/mol. The summed E-state index contributed by atoms with van der Waals surface area (Å²) in [6.45, 7) is 7.11. The highest BCUT2D eigenvalue weighted by Crippen LogP contribution is 2.38. The second-order valence-electron chi connectivity index (χ2n) is 6.84. The van der Waals surface area contributed by atoms with Crippen LogP contribution in [0, 0.1) is 6.92 Å². The number of carbonyl (C=O) groups excluding carboxylic acids is 1. The van der Waals surface area contributed by atoms with E-state index >= 15 is 0 Å². The number of likely N-dealkylation sites (N-methyl/N-ethyl adjacent to an activating group) is 1. The van der Waals surface area contributed by atoms with Crippen LogP contribution >= 0.6 is 0 Å². The van der Waals surface area contributed by atoms with Gasteiger partial charge in [-0.05, 0) is 38.5 Å². The standard InChI is InChI=1S/C22H26N2O3S/c1-4-23(5-2)22(25)20-15-16-24(21(20)18-9-7-6-8-10-18)28(26,27)19-13-11-17(3)12-14-19/h6-15,21H,4-5,16H2,1-3H3. The molecule has 0 saturated heterocycles. The van der Waals surface area contributed by atoms with Crippen LogP contribution in [0.1, 0.15) is 31.0 Å². The van der Waals surface area contributed by atoms with Crippen molar-refractivity contribution >= 4 is 15.9 Å². The largest absolute Gasteiger partial charge is 0.339 e. The van der Waals surface area contributed by atoms with Gasteiger partial charge in [-0.1, -0.05) is 54.1 Å². The maximum absolute atomic E-state index is 13.4. The first kappa shape index (κ1) is 20.3. The van der Waals surface area contributed by atoms with Crippen LogP contribution < -0.4 is 0 Å². The van der Waals surface area contributed by atoms with Gasteiger partial charge in [-0.15, -0.1) is 0 Å². The third-order valence-corrected chi connectivity index (χ3v) is 6.96. The maximum Gasteiger partial charge on any atom is 0.251 e. The molecule has 28 heavy (non-hydrogen) atoms. The molecule has 1 aliphatic rings. The van der Waals surface area contributed by atoms with Gasteiger partial charge in [-0.3, -0.25) is 4.79 Å². The van der Waals surface area contributed by atoms with Crippen molar-refractivity contribution in [1.29, 1.82) is 0 Å². The Morgan fingerprint density at radius 1 is 1.04 bits per heavy atom. The van der Waals surface area contributed by atoms with Crippen LogP contribution in [0.25, 0.3) is 0 Å². The zero-order chi connectivity index (χ0) is 20.3. The molecule has 1 heterocycles. The molecule has 3 rings (SSSR count). The lowest BCUT2D eigenvalue weighted by molar-refractivity contribution is -0.127. The van der Waals surface area contributed by atoms with E-state index < -0.39 is 16.1 Å². The highest BCUT2D eigenvalue weighted by atomic mass is 32.2. The fourth-order valence-corrected chi connectivity index (χ4v) is 5.06. The average Bonchev–Trinajstić information content (AvgIpc) is 3.16. The molecule has 6 heteroatoms. The number of nitrogens with zero attached hydrogens (tertiary/aromatic N) is 2. The van der Waals surface area contributed by atoms with Gasteiger partial charge >= 0.3 is 0 Å². The van der Waals surface area contributed by atoms with E-state index in [4.69, 9.17) is 0 Å². The van der Waals surface area contributed by atoms with Crippen molar-refractivity contribution in [1.82, 2.24) is 9.21 Å². The lowest BCUT2D eigenvalue weighted by atomic mass is 10.00. The SMILES string of the molecule is CCN(CC)C(=O)C1=CCN(S(=O)(=O)c2ccc(C)cc2)C1c1ccccc1. The van der Waals surface area contributed by atoms with Crippen LogP contribution in [0.5, 0.6) is 0 Å². The average molecular weight is 399 g/mol. The number of carbonyl (C=O) groups is 1. The van der Waals surface area contributed by atoms with Gasteiger partial charge in [0.2, 0.25) is 10.0 Å². The van der Waals surface area contributed by atoms with E-state index in [1.807, 2.05) is 51.1 Å². The molecule has 1 unspecified atom stereocenters. The van der Waals surface area contributed by atoms with Crippen LogP contribution in [-0.2, 0) is 14.8 Å². The molecule has 0 N–H and O–H groups in total. The number of rotatable bonds is 6. The lowest BCUT2D eigenvalue weighted by Crippen LogP contribution is -2.37. The molecule has 0 saturated carbocycles. The predicted octanol–water partition coefficient (Wildman–Crippen LogP) is 3.54. The van der Waals surface area contributed by atoms with Crippen molar-refractivity contribution < 1.29 is 13.2 Å². The zero-order valence-electron chi connectivity index (χ0n) is 16.5. The Hall–Kier alpha value is -2.44. The van der Waals surface area contributed by atoms with Gasteiger partial charge in [0, 0.05) is 25.2 Å². The van der Waals surface area contributed by atoms with E-state index in [9.17, 15) is 13.2 Å². The number of hydrogen-bond donors (Lipinski definition) is 0. The van der Waals surface area contributed by atoms with E-state index in [1.54, 1.807) is 35.2 Å². The molecule has 1 atom stereocenters. The molecule has 1 aliphatic heterocycles. The van der Waals surface area contributed by atoms with Crippen LogP contribution in [0.3, 0.4) is 0 Å². The second kappa shape index (κ2) is 8.29. The maximum atomic E-state index is 13.4. The minimum absolute atomic E-state index is 0.111. The summed E-state index contributed by atoms with van der Waals surface area (Å²) in [6.07, 6.45) is 1.75. The molecule has 0 bridgehead atoms. The van der Waals surface area contributed by atoms with Crippen LogP contribution in [-0.4, -0.2) is 43.2 Å². The smallest absolute Gasteiger partial charge is 0.251 e. The lowest BCUT2D eigenvalue weighted by Gasteiger charge is -2.29. The van der Waals surface area contributed by atoms with Crippen molar-refractivity contribution in [2.75, 3.05) is 19.6 Å². The number of benzene rings is 2. The normalized spacial score (nSPS) is 17.4. The highest BCUT2D eigenvalue weighted by molar-refractivity contribution is 7.89. The summed E-state index contributed by atoms with van der Waals surface area (Å²) in [5.41, 5.74) is 2.31. The first-order chi connectivity index (χ1) is 13.4. The Morgan fingerprint density at radius 2 is 1.64 bits per heavy atom. The molecule has 148 valence electrons. The quantitative estimate of drug-likeness (QED) is 0.748. The Kier molecular flexibility index (Phi) is 6.01. The van der Waals surface area contributed by atoms with Gasteiger partial charge < -0.3 is 4.90 Å². The van der Waals surface area contributed by atoms with Crippen LogP contribution in [0.2, 0.25) is 0 Å². The zero-order valence-corrected chi connectivity index (χ0v) is 17.3. The van der Waals surface area contributed by atoms with Crippen molar-refractivity contribution in [2.24, 2.45) is 0 Å². The van der Waals surface area contributed by atoms with Gasteiger partial charge in [0.1, 0.15) is 0 Å². The van der Waals surface area contributed by atoms with Crippen LogP contribution in [0.15, 0.2) is 71.1 Å². The van der Waals surface area contributed by atoms with Gasteiger partial charge in [0.05, 0.1) is 10.9 Å². The minimum atomic E-state index is -3.75.